The van der Waals surface area contributed by atoms with E-state index in [2.05, 4.69) is 15.1 Å². The van der Waals surface area contributed by atoms with Crippen molar-refractivity contribution in [3.63, 3.8) is 0 Å². The Kier molecular flexibility index (Phi) is 10.3. The van der Waals surface area contributed by atoms with E-state index in [9.17, 15) is 4.79 Å². The minimum absolute atomic E-state index is 0. The summed E-state index contributed by atoms with van der Waals surface area (Å²) in [6.07, 6.45) is 7.22. The number of rotatable bonds is 4. The number of carbonyl (C=O) groups is 1. The summed E-state index contributed by atoms with van der Waals surface area (Å²) in [5, 5.41) is 3.41. The quantitative estimate of drug-likeness (QED) is 0.306. The monoisotopic (exact) mass is 534 g/mol. The molecule has 3 aromatic rings. The Morgan fingerprint density at radius 2 is 1.19 bits per heavy atom. The van der Waals surface area contributed by atoms with Crippen molar-refractivity contribution in [2.24, 2.45) is 0 Å². The largest absolute Gasteiger partial charge is 0.412 e. The summed E-state index contributed by atoms with van der Waals surface area (Å²) in [7, 11) is 0. The van der Waals surface area contributed by atoms with E-state index in [0.717, 1.165) is 66.0 Å². The lowest BCUT2D eigenvalue weighted by Crippen LogP contribution is -2.34. The number of fused-ring (bicyclic) bond motifs is 3. The number of benzene rings is 2. The molecular weight excluding hydrogens is 492 g/mol. The van der Waals surface area contributed by atoms with Crippen LogP contribution in [0.25, 0.3) is 11.1 Å². The van der Waals surface area contributed by atoms with Crippen LogP contribution in [-0.2, 0) is 0 Å². The fourth-order valence-corrected chi connectivity index (χ4v) is 5.11. The van der Waals surface area contributed by atoms with Gasteiger partial charge in [0, 0.05) is 47.3 Å². The Bertz CT molecular complexity index is 1190. The number of carbonyl (C=O) groups excluding carboxylic acids is 1. The number of nitrogens with one attached hydrogen (secondary N) is 1. The van der Waals surface area contributed by atoms with Gasteiger partial charge in [-0.05, 0) is 67.9 Å². The minimum atomic E-state index is 0. The second kappa shape index (κ2) is 12.8. The molecule has 9 N–H and O–H groups in total. The van der Waals surface area contributed by atoms with Crippen molar-refractivity contribution in [1.29, 1.82) is 0 Å². The third-order valence-electron chi connectivity index (χ3n) is 6.87. The van der Waals surface area contributed by atoms with E-state index in [1.807, 2.05) is 42.5 Å². The van der Waals surface area contributed by atoms with Crippen LogP contribution in [0, 0.1) is 0 Å². The molecule has 0 unspecified atom stereocenters. The zero-order valence-corrected chi connectivity index (χ0v) is 21.9. The van der Waals surface area contributed by atoms with Crippen molar-refractivity contribution >= 4 is 41.7 Å². The number of nitrogens with zero attached hydrogens (tertiary/aromatic N) is 5. The topological polar surface area (TPSA) is 176 Å². The van der Waals surface area contributed by atoms with Crippen LogP contribution in [-0.4, -0.2) is 52.4 Å². The van der Waals surface area contributed by atoms with Crippen molar-refractivity contribution in [3.05, 3.63) is 53.6 Å². The van der Waals surface area contributed by atoms with Crippen molar-refractivity contribution in [1.82, 2.24) is 27.3 Å². The Morgan fingerprint density at radius 1 is 0.676 bits per heavy atom. The number of piperidine rings is 2. The zero-order valence-electron chi connectivity index (χ0n) is 21.1. The Labute approximate surface area is 228 Å². The van der Waals surface area contributed by atoms with Crippen molar-refractivity contribution in [2.75, 3.05) is 41.3 Å². The standard InChI is InChI=1S/C26H28N6O.ClH.2H3N.H2O.3H2/c33-23-20-10-4-3-9-19(20)22-17-18(11-12-21(22)23)27-24-28-25(31-13-5-1-6-14-31)30-26(29-24)32-15-7-2-8-16-32;;;;;;;/h3-4,9-12,17H,1-2,5-8,13-16H2,(H,27,28,29,30);1H;2*1H3;1H2;3*1H. The number of hydrogen-bond donors (Lipinski definition) is 3. The van der Waals surface area contributed by atoms with Gasteiger partial charge < -0.3 is 32.9 Å². The second-order valence-corrected chi connectivity index (χ2v) is 9.11. The first-order valence-corrected chi connectivity index (χ1v) is 12.1. The molecule has 37 heavy (non-hydrogen) atoms. The molecule has 2 aromatic carbocycles. The zero-order chi connectivity index (χ0) is 22.2. The van der Waals surface area contributed by atoms with Crippen LogP contribution in [0.2, 0.25) is 0 Å². The molecular formula is C26H43ClN8O2. The summed E-state index contributed by atoms with van der Waals surface area (Å²) in [4.78, 5) is 31.8. The average Bonchev–Trinajstić information content (AvgIpc) is 3.16. The molecule has 3 aliphatic rings. The van der Waals surface area contributed by atoms with E-state index in [0.29, 0.717) is 5.95 Å². The normalized spacial score (nSPS) is 15.7. The summed E-state index contributed by atoms with van der Waals surface area (Å²) >= 11 is 0. The van der Waals surface area contributed by atoms with Crippen LogP contribution >= 0.6 is 12.4 Å². The third kappa shape index (κ3) is 5.83. The highest BCUT2D eigenvalue weighted by atomic mass is 35.5. The van der Waals surface area contributed by atoms with Gasteiger partial charge in [0.15, 0.2) is 5.78 Å². The van der Waals surface area contributed by atoms with Crippen molar-refractivity contribution in [2.45, 2.75) is 38.5 Å². The molecule has 11 heteroatoms. The van der Waals surface area contributed by atoms with E-state index >= 15 is 0 Å². The predicted octanol–water partition coefficient (Wildman–Crippen LogP) is 5.47. The molecule has 3 heterocycles. The van der Waals surface area contributed by atoms with Gasteiger partial charge in [-0.25, -0.2) is 0 Å². The first-order valence-electron chi connectivity index (χ1n) is 12.1. The fourth-order valence-electron chi connectivity index (χ4n) is 5.11. The molecule has 0 saturated carbocycles. The van der Waals surface area contributed by atoms with Crippen LogP contribution in [0.15, 0.2) is 42.5 Å². The van der Waals surface area contributed by atoms with Crippen LogP contribution in [0.4, 0.5) is 23.5 Å². The molecule has 6 rings (SSSR count). The summed E-state index contributed by atoms with van der Waals surface area (Å²) in [5.41, 5.74) is 4.34. The molecule has 2 aliphatic heterocycles. The summed E-state index contributed by atoms with van der Waals surface area (Å²) < 4.78 is 0. The summed E-state index contributed by atoms with van der Waals surface area (Å²) in [5.74, 6) is 2.17. The van der Waals surface area contributed by atoms with Gasteiger partial charge in [0.05, 0.1) is 0 Å². The van der Waals surface area contributed by atoms with Gasteiger partial charge in [0.25, 0.3) is 0 Å². The highest BCUT2D eigenvalue weighted by molar-refractivity contribution is 6.22. The first-order chi connectivity index (χ1) is 16.3. The molecule has 0 bridgehead atoms. The van der Waals surface area contributed by atoms with Gasteiger partial charge in [-0.3, -0.25) is 4.79 Å². The lowest BCUT2D eigenvalue weighted by molar-refractivity contribution is 0.104. The highest BCUT2D eigenvalue weighted by Crippen LogP contribution is 2.38. The van der Waals surface area contributed by atoms with Gasteiger partial charge in [-0.15, -0.1) is 12.4 Å². The lowest BCUT2D eigenvalue weighted by atomic mass is 10.1. The van der Waals surface area contributed by atoms with Gasteiger partial charge >= 0.3 is 0 Å². The molecule has 1 aliphatic carbocycles. The Hall–Kier alpha value is -3.31. The Morgan fingerprint density at radius 3 is 1.76 bits per heavy atom. The molecule has 0 radical (unpaired) electrons. The van der Waals surface area contributed by atoms with Gasteiger partial charge in [0.1, 0.15) is 0 Å². The van der Waals surface area contributed by atoms with Gasteiger partial charge in [-0.2, -0.15) is 15.0 Å². The summed E-state index contributed by atoms with van der Waals surface area (Å²) in [6.45, 7) is 3.95. The van der Waals surface area contributed by atoms with E-state index in [4.69, 9.17) is 15.0 Å². The van der Waals surface area contributed by atoms with Crippen molar-refractivity contribution in [3.8, 4) is 11.1 Å². The van der Waals surface area contributed by atoms with E-state index in [-0.39, 0.29) is 40.2 Å². The Balaban J connectivity index is 0. The molecule has 10 nitrogen and oxygen atoms in total. The minimum Gasteiger partial charge on any atom is -0.412 e. The van der Waals surface area contributed by atoms with Gasteiger partial charge in [0.2, 0.25) is 17.8 Å². The smallest absolute Gasteiger partial charge is 0.233 e. The van der Waals surface area contributed by atoms with Crippen LogP contribution in [0.5, 0.6) is 0 Å². The molecule has 0 spiro atoms. The molecule has 1 aromatic heterocycles. The molecule has 2 fully saturated rings. The molecule has 206 valence electrons. The van der Waals surface area contributed by atoms with Crippen molar-refractivity contribution < 1.29 is 14.6 Å². The second-order valence-electron chi connectivity index (χ2n) is 9.11. The third-order valence-corrected chi connectivity index (χ3v) is 6.87. The van der Waals surface area contributed by atoms with E-state index in [1.54, 1.807) is 0 Å². The van der Waals surface area contributed by atoms with Crippen LogP contribution in [0.3, 0.4) is 0 Å². The number of hydrogen-bond acceptors (Lipinski definition) is 9. The maximum Gasteiger partial charge on any atom is 0.233 e. The average molecular weight is 535 g/mol. The lowest BCUT2D eigenvalue weighted by Gasteiger charge is -2.30. The maximum absolute atomic E-state index is 12.7. The molecule has 0 amide bonds. The number of halogens is 1. The fraction of sp³-hybridized carbons (Fsp3) is 0.385. The van der Waals surface area contributed by atoms with E-state index < -0.39 is 0 Å². The molecule has 2 saturated heterocycles. The maximum atomic E-state index is 12.7. The van der Waals surface area contributed by atoms with Crippen LogP contribution < -0.4 is 27.4 Å². The predicted molar refractivity (Wildman–Crippen MR) is 158 cm³/mol. The number of ketones is 1. The van der Waals surface area contributed by atoms with Crippen LogP contribution in [0.1, 0.15) is 58.7 Å². The first kappa shape index (κ1) is 29.9. The number of anilines is 4. The molecule has 0 atom stereocenters. The van der Waals surface area contributed by atoms with Gasteiger partial charge in [-0.1, -0.05) is 24.3 Å². The number of aromatic nitrogens is 3. The summed E-state index contributed by atoms with van der Waals surface area (Å²) in [6, 6.07) is 13.7. The SMILES string of the molecule is Cl.N.N.O.O=C1c2ccccc2-c2cc(Nc3nc(N4CCCCC4)nc(N4CCCCC4)n3)ccc21.[HH].[HH].[HH]. The van der Waals surface area contributed by atoms with E-state index in [1.165, 1.54) is 38.5 Å². The highest BCUT2D eigenvalue weighted by Gasteiger charge is 2.26.